The minimum atomic E-state index is 0.399. The maximum absolute atomic E-state index is 3.61. The Morgan fingerprint density at radius 3 is 2.62 bits per heavy atom. The smallest absolute Gasteiger partial charge is 0.0656 e. The number of fused-ring (bicyclic) bond motifs is 1. The zero-order chi connectivity index (χ0) is 14.7. The van der Waals surface area contributed by atoms with Crippen LogP contribution in [0, 0.1) is 2.88 Å². The second-order valence-electron chi connectivity index (χ2n) is 5.18. The highest BCUT2D eigenvalue weighted by Gasteiger charge is 2.13. The van der Waals surface area contributed by atoms with Crippen molar-refractivity contribution in [2.75, 3.05) is 6.54 Å². The molecular formula is C18H18INS. The summed E-state index contributed by atoms with van der Waals surface area (Å²) >= 11 is 4.21. The van der Waals surface area contributed by atoms with E-state index in [0.29, 0.717) is 6.04 Å². The summed E-state index contributed by atoms with van der Waals surface area (Å²) in [5.74, 6) is 0. The van der Waals surface area contributed by atoms with E-state index in [1.54, 1.807) is 0 Å². The largest absolute Gasteiger partial charge is 0.310 e. The second kappa shape index (κ2) is 6.90. The van der Waals surface area contributed by atoms with Gasteiger partial charge >= 0.3 is 0 Å². The van der Waals surface area contributed by atoms with Gasteiger partial charge in [-0.05, 0) is 68.9 Å². The molecule has 3 heteroatoms. The van der Waals surface area contributed by atoms with Crippen LogP contribution in [-0.2, 0) is 6.42 Å². The maximum atomic E-state index is 3.61. The van der Waals surface area contributed by atoms with Crippen molar-refractivity contribution in [1.82, 2.24) is 5.32 Å². The Labute approximate surface area is 143 Å². The Kier molecular flexibility index (Phi) is 4.93. The van der Waals surface area contributed by atoms with Crippen molar-refractivity contribution >= 4 is 44.7 Å². The second-order valence-corrected chi connectivity index (χ2v) is 7.99. The minimum absolute atomic E-state index is 0.399. The van der Waals surface area contributed by atoms with Gasteiger partial charge in [0.2, 0.25) is 0 Å². The van der Waals surface area contributed by atoms with E-state index < -0.39 is 0 Å². The molecule has 1 nitrogen and oxygen atoms in total. The molecular weight excluding hydrogens is 389 g/mol. The van der Waals surface area contributed by atoms with Crippen molar-refractivity contribution in [3.8, 4) is 0 Å². The monoisotopic (exact) mass is 407 g/mol. The molecule has 3 aromatic rings. The highest BCUT2D eigenvalue weighted by molar-refractivity contribution is 14.1. The molecule has 1 heterocycles. The van der Waals surface area contributed by atoms with Gasteiger partial charge in [-0.1, -0.05) is 49.4 Å². The van der Waals surface area contributed by atoms with E-state index in [-0.39, 0.29) is 0 Å². The first-order valence-electron chi connectivity index (χ1n) is 7.21. The molecule has 21 heavy (non-hydrogen) atoms. The molecule has 0 spiro atoms. The minimum Gasteiger partial charge on any atom is -0.310 e. The number of hydrogen-bond donors (Lipinski definition) is 1. The SMILES string of the molecule is CCNC(Cc1ccc2ccccc2c1)c1csc(I)c1. The molecule has 0 aliphatic carbocycles. The normalized spacial score (nSPS) is 12.7. The van der Waals surface area contributed by atoms with Crippen LogP contribution < -0.4 is 5.32 Å². The van der Waals surface area contributed by atoms with E-state index in [2.05, 4.69) is 88.7 Å². The first kappa shape index (κ1) is 15.0. The summed E-state index contributed by atoms with van der Waals surface area (Å²) in [5.41, 5.74) is 2.79. The van der Waals surface area contributed by atoms with Crippen LogP contribution in [-0.4, -0.2) is 6.54 Å². The maximum Gasteiger partial charge on any atom is 0.0656 e. The number of rotatable bonds is 5. The molecule has 0 radical (unpaired) electrons. The van der Waals surface area contributed by atoms with Crippen molar-refractivity contribution in [1.29, 1.82) is 0 Å². The Balaban J connectivity index is 1.86. The van der Waals surface area contributed by atoms with Crippen molar-refractivity contribution in [3.05, 3.63) is 67.9 Å². The Hall–Kier alpha value is -0.910. The van der Waals surface area contributed by atoms with E-state index >= 15 is 0 Å². The number of hydrogen-bond acceptors (Lipinski definition) is 2. The van der Waals surface area contributed by atoms with E-state index in [0.717, 1.165) is 13.0 Å². The highest BCUT2D eigenvalue weighted by Crippen LogP contribution is 2.26. The third-order valence-corrected chi connectivity index (χ3v) is 5.50. The van der Waals surface area contributed by atoms with Crippen LogP contribution in [0.5, 0.6) is 0 Å². The molecule has 1 N–H and O–H groups in total. The fourth-order valence-corrected chi connectivity index (χ4v) is 4.09. The number of benzene rings is 2. The van der Waals surface area contributed by atoms with E-state index in [1.165, 1.54) is 24.8 Å². The summed E-state index contributed by atoms with van der Waals surface area (Å²) in [4.78, 5) is 0. The molecule has 1 unspecified atom stereocenters. The van der Waals surface area contributed by atoms with Gasteiger partial charge in [0.1, 0.15) is 0 Å². The van der Waals surface area contributed by atoms with Crippen LogP contribution in [0.15, 0.2) is 53.9 Å². The molecule has 0 amide bonds. The molecule has 3 rings (SSSR count). The molecule has 0 bridgehead atoms. The Bertz CT molecular complexity index is 735. The Morgan fingerprint density at radius 2 is 1.90 bits per heavy atom. The summed E-state index contributed by atoms with van der Waals surface area (Å²) in [6.07, 6.45) is 1.03. The molecule has 2 aromatic carbocycles. The number of nitrogens with one attached hydrogen (secondary N) is 1. The van der Waals surface area contributed by atoms with Gasteiger partial charge in [-0.2, -0.15) is 0 Å². The lowest BCUT2D eigenvalue weighted by molar-refractivity contribution is 0.551. The average Bonchev–Trinajstić information content (AvgIpc) is 2.93. The van der Waals surface area contributed by atoms with Gasteiger partial charge in [0, 0.05) is 6.04 Å². The van der Waals surface area contributed by atoms with E-state index in [9.17, 15) is 0 Å². The van der Waals surface area contributed by atoms with Gasteiger partial charge in [0.05, 0.1) is 2.88 Å². The molecule has 0 fully saturated rings. The van der Waals surface area contributed by atoms with Gasteiger partial charge in [0.25, 0.3) is 0 Å². The lowest BCUT2D eigenvalue weighted by Crippen LogP contribution is -2.22. The van der Waals surface area contributed by atoms with Crippen molar-refractivity contribution in [2.45, 2.75) is 19.4 Å². The van der Waals surface area contributed by atoms with Gasteiger partial charge in [0.15, 0.2) is 0 Å². The Morgan fingerprint density at radius 1 is 1.10 bits per heavy atom. The first-order chi connectivity index (χ1) is 10.3. The zero-order valence-electron chi connectivity index (χ0n) is 12.0. The number of halogens is 1. The summed E-state index contributed by atoms with van der Waals surface area (Å²) in [7, 11) is 0. The molecule has 0 aliphatic heterocycles. The van der Waals surface area contributed by atoms with Crippen molar-refractivity contribution in [2.24, 2.45) is 0 Å². The quantitative estimate of drug-likeness (QED) is 0.559. The molecule has 108 valence electrons. The fraction of sp³-hybridized carbons (Fsp3) is 0.222. The topological polar surface area (TPSA) is 12.0 Å². The average molecular weight is 407 g/mol. The molecule has 1 aromatic heterocycles. The van der Waals surface area contributed by atoms with E-state index in [4.69, 9.17) is 0 Å². The molecule has 1 atom stereocenters. The van der Waals surface area contributed by atoms with Crippen molar-refractivity contribution < 1.29 is 0 Å². The summed E-state index contributed by atoms with van der Waals surface area (Å²) in [6.45, 7) is 3.16. The first-order valence-corrected chi connectivity index (χ1v) is 9.17. The van der Waals surface area contributed by atoms with Gasteiger partial charge in [-0.25, -0.2) is 0 Å². The fourth-order valence-electron chi connectivity index (χ4n) is 2.66. The van der Waals surface area contributed by atoms with E-state index in [1.807, 2.05) is 11.3 Å². The summed E-state index contributed by atoms with van der Waals surface area (Å²) in [6, 6.07) is 18.0. The predicted molar refractivity (Wildman–Crippen MR) is 101 cm³/mol. The standard InChI is InChI=1S/C18H18INS/c1-2-20-17(16-11-18(19)21-12-16)10-13-7-8-14-5-3-4-6-15(14)9-13/h3-9,11-12,17,20H,2,10H2,1H3. The lowest BCUT2D eigenvalue weighted by Gasteiger charge is -2.17. The van der Waals surface area contributed by atoms with Crippen LogP contribution in [0.3, 0.4) is 0 Å². The summed E-state index contributed by atoms with van der Waals surface area (Å²) < 4.78 is 1.35. The number of likely N-dealkylation sites (N-methyl/N-ethyl adjacent to an activating group) is 1. The lowest BCUT2D eigenvalue weighted by atomic mass is 9.98. The van der Waals surface area contributed by atoms with Crippen molar-refractivity contribution in [3.63, 3.8) is 0 Å². The number of thiophene rings is 1. The molecule has 0 aliphatic rings. The predicted octanol–water partition coefficient (Wildman–Crippen LogP) is 5.40. The van der Waals surface area contributed by atoms with Crippen LogP contribution >= 0.6 is 33.9 Å². The van der Waals surface area contributed by atoms with Crippen LogP contribution in [0.4, 0.5) is 0 Å². The van der Waals surface area contributed by atoms with Gasteiger partial charge < -0.3 is 5.32 Å². The van der Waals surface area contributed by atoms with Crippen LogP contribution in [0.1, 0.15) is 24.1 Å². The van der Waals surface area contributed by atoms with Crippen LogP contribution in [0.25, 0.3) is 10.8 Å². The molecule has 0 saturated heterocycles. The van der Waals surface area contributed by atoms with Crippen LogP contribution in [0.2, 0.25) is 0 Å². The third kappa shape index (κ3) is 3.65. The highest BCUT2D eigenvalue weighted by atomic mass is 127. The third-order valence-electron chi connectivity index (χ3n) is 3.69. The van der Waals surface area contributed by atoms with Gasteiger partial charge in [-0.3, -0.25) is 0 Å². The summed E-state index contributed by atoms with van der Waals surface area (Å²) in [5, 5.41) is 8.52. The molecule has 0 saturated carbocycles. The van der Waals surface area contributed by atoms with Gasteiger partial charge in [-0.15, -0.1) is 11.3 Å². The zero-order valence-corrected chi connectivity index (χ0v) is 14.9.